The number of hydrogen-bond donors (Lipinski definition) is 2. The highest BCUT2D eigenvalue weighted by Crippen LogP contribution is 2.28. The van der Waals surface area contributed by atoms with Crippen molar-refractivity contribution in [3.63, 3.8) is 0 Å². The zero-order chi connectivity index (χ0) is 21.9. The van der Waals surface area contributed by atoms with Gasteiger partial charge in [-0.25, -0.2) is 13.8 Å². The van der Waals surface area contributed by atoms with E-state index >= 15 is 0 Å². The van der Waals surface area contributed by atoms with E-state index in [0.29, 0.717) is 16.9 Å². The van der Waals surface area contributed by atoms with Gasteiger partial charge in [0.25, 0.3) is 5.56 Å². The van der Waals surface area contributed by atoms with Crippen molar-refractivity contribution in [2.45, 2.75) is 6.18 Å². The molecule has 0 aliphatic carbocycles. The SMILES string of the molecule is O=c1c(Cl)c(NCCNc2ccc(C(F)(F)F)cn2)cnn1-c1ccc(F)cc1F. The minimum Gasteiger partial charge on any atom is -0.381 e. The Hall–Kier alpha value is -3.21. The molecular formula is C18H13ClF5N5O. The van der Waals surface area contributed by atoms with Crippen LogP contribution in [-0.4, -0.2) is 27.9 Å². The Morgan fingerprint density at radius 2 is 1.77 bits per heavy atom. The zero-order valence-corrected chi connectivity index (χ0v) is 15.7. The first-order valence-electron chi connectivity index (χ1n) is 8.41. The van der Waals surface area contributed by atoms with Gasteiger partial charge in [-0.15, -0.1) is 0 Å². The summed E-state index contributed by atoms with van der Waals surface area (Å²) in [6, 6.07) is 4.75. The van der Waals surface area contributed by atoms with E-state index < -0.39 is 28.9 Å². The topological polar surface area (TPSA) is 71.8 Å². The second-order valence-electron chi connectivity index (χ2n) is 5.97. The van der Waals surface area contributed by atoms with Gasteiger partial charge >= 0.3 is 6.18 Å². The average molecular weight is 446 g/mol. The monoisotopic (exact) mass is 445 g/mol. The number of benzene rings is 1. The lowest BCUT2D eigenvalue weighted by Gasteiger charge is -2.12. The quantitative estimate of drug-likeness (QED) is 0.441. The predicted octanol–water partition coefficient (Wildman–Crippen LogP) is 4.10. The van der Waals surface area contributed by atoms with E-state index in [1.807, 2.05) is 0 Å². The highest BCUT2D eigenvalue weighted by molar-refractivity contribution is 6.32. The van der Waals surface area contributed by atoms with E-state index in [0.717, 1.165) is 18.2 Å². The summed E-state index contributed by atoms with van der Waals surface area (Å²) in [5.41, 5.74) is -1.76. The molecule has 12 heteroatoms. The van der Waals surface area contributed by atoms with Crippen LogP contribution >= 0.6 is 11.6 Å². The Bertz CT molecular complexity index is 1100. The third-order valence-corrected chi connectivity index (χ3v) is 4.26. The van der Waals surface area contributed by atoms with Gasteiger partial charge in [0.1, 0.15) is 22.3 Å². The number of aromatic nitrogens is 3. The summed E-state index contributed by atoms with van der Waals surface area (Å²) in [5, 5.41) is 9.20. The molecule has 0 fully saturated rings. The molecule has 0 saturated carbocycles. The van der Waals surface area contributed by atoms with Crippen LogP contribution in [0.3, 0.4) is 0 Å². The van der Waals surface area contributed by atoms with Gasteiger partial charge in [-0.1, -0.05) is 11.6 Å². The van der Waals surface area contributed by atoms with Gasteiger partial charge in [-0.05, 0) is 24.3 Å². The van der Waals surface area contributed by atoms with Gasteiger partial charge in [-0.3, -0.25) is 4.79 Å². The van der Waals surface area contributed by atoms with E-state index in [1.54, 1.807) is 0 Å². The summed E-state index contributed by atoms with van der Waals surface area (Å²) in [6.07, 6.45) is -2.55. The number of anilines is 2. The van der Waals surface area contributed by atoms with Gasteiger partial charge in [0.15, 0.2) is 5.82 Å². The fourth-order valence-corrected chi connectivity index (χ4v) is 2.63. The molecule has 2 heterocycles. The molecule has 0 spiro atoms. The number of halogens is 6. The Morgan fingerprint density at radius 1 is 1.03 bits per heavy atom. The fourth-order valence-electron chi connectivity index (χ4n) is 2.43. The third-order valence-electron chi connectivity index (χ3n) is 3.89. The van der Waals surface area contributed by atoms with Crippen LogP contribution < -0.4 is 16.2 Å². The van der Waals surface area contributed by atoms with Crippen LogP contribution in [0, 0.1) is 11.6 Å². The van der Waals surface area contributed by atoms with Crippen LogP contribution in [-0.2, 0) is 6.18 Å². The molecular weight excluding hydrogens is 433 g/mol. The maximum absolute atomic E-state index is 13.9. The maximum Gasteiger partial charge on any atom is 0.417 e. The maximum atomic E-state index is 13.9. The summed E-state index contributed by atoms with van der Waals surface area (Å²) in [6.45, 7) is 0.461. The van der Waals surface area contributed by atoms with Crippen molar-refractivity contribution in [3.8, 4) is 5.69 Å². The molecule has 0 atom stereocenters. The Labute approximate surface area is 171 Å². The summed E-state index contributed by atoms with van der Waals surface area (Å²) in [5.74, 6) is -1.55. The summed E-state index contributed by atoms with van der Waals surface area (Å²) < 4.78 is 65.1. The lowest BCUT2D eigenvalue weighted by molar-refractivity contribution is -0.137. The molecule has 30 heavy (non-hydrogen) atoms. The molecule has 0 saturated heterocycles. The summed E-state index contributed by atoms with van der Waals surface area (Å²) in [7, 11) is 0. The third kappa shape index (κ3) is 4.85. The molecule has 158 valence electrons. The summed E-state index contributed by atoms with van der Waals surface area (Å²) >= 11 is 6.02. The van der Waals surface area contributed by atoms with Gasteiger partial charge in [-0.2, -0.15) is 23.0 Å². The van der Waals surface area contributed by atoms with E-state index in [4.69, 9.17) is 11.6 Å². The smallest absolute Gasteiger partial charge is 0.381 e. The number of rotatable bonds is 6. The molecule has 0 radical (unpaired) electrons. The zero-order valence-electron chi connectivity index (χ0n) is 15.0. The Kier molecular flexibility index (Phi) is 6.20. The van der Waals surface area contributed by atoms with E-state index in [2.05, 4.69) is 20.7 Å². The first-order valence-corrected chi connectivity index (χ1v) is 8.79. The van der Waals surface area contributed by atoms with Crippen LogP contribution in [0.1, 0.15) is 5.56 Å². The number of alkyl halides is 3. The molecule has 0 unspecified atom stereocenters. The van der Waals surface area contributed by atoms with Crippen molar-refractivity contribution < 1.29 is 22.0 Å². The molecule has 0 aliphatic heterocycles. The molecule has 0 bridgehead atoms. The lowest BCUT2D eigenvalue weighted by atomic mass is 10.3. The highest BCUT2D eigenvalue weighted by Gasteiger charge is 2.30. The average Bonchev–Trinajstić information content (AvgIpc) is 2.69. The minimum atomic E-state index is -4.46. The van der Waals surface area contributed by atoms with E-state index in [9.17, 15) is 26.7 Å². The van der Waals surface area contributed by atoms with Crippen LogP contribution in [0.2, 0.25) is 5.02 Å². The molecule has 0 aliphatic rings. The van der Waals surface area contributed by atoms with Crippen molar-refractivity contribution >= 4 is 23.1 Å². The number of hydrogen-bond acceptors (Lipinski definition) is 5. The molecule has 2 aromatic heterocycles. The first-order chi connectivity index (χ1) is 14.2. The predicted molar refractivity (Wildman–Crippen MR) is 101 cm³/mol. The summed E-state index contributed by atoms with van der Waals surface area (Å²) in [4.78, 5) is 16.0. The van der Waals surface area contributed by atoms with Crippen LogP contribution in [0.15, 0.2) is 47.5 Å². The van der Waals surface area contributed by atoms with E-state index in [1.165, 1.54) is 12.3 Å². The Balaban J connectivity index is 1.62. The normalized spacial score (nSPS) is 11.4. The molecule has 0 amide bonds. The number of nitrogens with zero attached hydrogens (tertiary/aromatic N) is 3. The van der Waals surface area contributed by atoms with E-state index in [-0.39, 0.29) is 35.3 Å². The first kappa shape index (κ1) is 21.5. The number of nitrogens with one attached hydrogen (secondary N) is 2. The number of pyridine rings is 1. The van der Waals surface area contributed by atoms with Gasteiger partial charge < -0.3 is 10.6 Å². The molecule has 3 aromatic rings. The second kappa shape index (κ2) is 8.66. The molecule has 6 nitrogen and oxygen atoms in total. The molecule has 2 N–H and O–H groups in total. The fraction of sp³-hybridized carbons (Fsp3) is 0.167. The van der Waals surface area contributed by atoms with Gasteiger partial charge in [0.2, 0.25) is 0 Å². The molecule has 3 rings (SSSR count). The standard InChI is InChI=1S/C18H13ClF5N5O/c19-16-13(9-28-29(17(16)30)14-3-2-11(20)7-12(14)21)25-5-6-26-15-4-1-10(8-27-15)18(22,23)24/h1-4,7-9,25H,5-6H2,(H,26,27). The van der Waals surface area contributed by atoms with Crippen molar-refractivity contribution in [1.82, 2.24) is 14.8 Å². The Morgan fingerprint density at radius 3 is 2.40 bits per heavy atom. The second-order valence-corrected chi connectivity index (χ2v) is 6.35. The van der Waals surface area contributed by atoms with Crippen molar-refractivity contribution in [2.24, 2.45) is 0 Å². The lowest BCUT2D eigenvalue weighted by Crippen LogP contribution is -2.24. The van der Waals surface area contributed by atoms with Gasteiger partial charge in [0.05, 0.1) is 17.4 Å². The molecule has 1 aromatic carbocycles. The van der Waals surface area contributed by atoms with Crippen LogP contribution in [0.4, 0.5) is 33.5 Å². The van der Waals surface area contributed by atoms with Crippen molar-refractivity contribution in [3.05, 3.63) is 75.3 Å². The van der Waals surface area contributed by atoms with Crippen molar-refractivity contribution in [1.29, 1.82) is 0 Å². The largest absolute Gasteiger partial charge is 0.417 e. The highest BCUT2D eigenvalue weighted by atomic mass is 35.5. The van der Waals surface area contributed by atoms with Crippen LogP contribution in [0.5, 0.6) is 0 Å². The van der Waals surface area contributed by atoms with Gasteiger partial charge in [0, 0.05) is 25.4 Å². The minimum absolute atomic E-state index is 0.169. The van der Waals surface area contributed by atoms with Crippen molar-refractivity contribution in [2.75, 3.05) is 23.7 Å². The van der Waals surface area contributed by atoms with Crippen LogP contribution in [0.25, 0.3) is 5.69 Å².